The first-order valence-corrected chi connectivity index (χ1v) is 8.40. The number of carbonyl (C=O) groups is 1. The zero-order valence-corrected chi connectivity index (χ0v) is 15.5. The number of hydrogen-bond donors (Lipinski definition) is 2. The van der Waals surface area contributed by atoms with E-state index in [0.717, 1.165) is 41.6 Å². The average Bonchev–Trinajstić information content (AvgIpc) is 2.97. The summed E-state index contributed by atoms with van der Waals surface area (Å²) in [6, 6.07) is 2.20. The predicted molar refractivity (Wildman–Crippen MR) is 95.2 cm³/mol. The molecule has 1 amide bonds. The Morgan fingerprint density at radius 1 is 1.21 bits per heavy atom. The summed E-state index contributed by atoms with van der Waals surface area (Å²) in [5.74, 6) is -0.0583. The summed E-state index contributed by atoms with van der Waals surface area (Å²) in [6.45, 7) is 13.8. The van der Waals surface area contributed by atoms with E-state index in [2.05, 4.69) is 33.8 Å². The van der Waals surface area contributed by atoms with E-state index in [1.165, 1.54) is 0 Å². The van der Waals surface area contributed by atoms with Crippen LogP contribution < -0.4 is 10.6 Å². The van der Waals surface area contributed by atoms with Gasteiger partial charge in [0.2, 0.25) is 5.91 Å². The SMILES string of the molecule is CCn1nc(C)c(NC(=O)CN[C@H](C)Cn2nc(C)cc2C)c1C. The van der Waals surface area contributed by atoms with Gasteiger partial charge in [-0.05, 0) is 47.6 Å². The zero-order valence-electron chi connectivity index (χ0n) is 15.5. The fourth-order valence-corrected chi connectivity index (χ4v) is 2.82. The van der Waals surface area contributed by atoms with Crippen LogP contribution in [0.2, 0.25) is 0 Å². The monoisotopic (exact) mass is 332 g/mol. The fourth-order valence-electron chi connectivity index (χ4n) is 2.82. The van der Waals surface area contributed by atoms with E-state index in [1.807, 2.05) is 44.0 Å². The number of nitrogens with one attached hydrogen (secondary N) is 2. The number of aromatic nitrogens is 4. The second-order valence-electron chi connectivity index (χ2n) is 6.30. The molecule has 24 heavy (non-hydrogen) atoms. The molecule has 2 aromatic heterocycles. The van der Waals surface area contributed by atoms with Crippen molar-refractivity contribution in [1.82, 2.24) is 24.9 Å². The Balaban J connectivity index is 1.87. The Morgan fingerprint density at radius 3 is 2.46 bits per heavy atom. The van der Waals surface area contributed by atoms with Gasteiger partial charge >= 0.3 is 0 Å². The molecule has 0 radical (unpaired) electrons. The van der Waals surface area contributed by atoms with Gasteiger partial charge in [-0.2, -0.15) is 10.2 Å². The highest BCUT2D eigenvalue weighted by atomic mass is 16.1. The van der Waals surface area contributed by atoms with Crippen molar-refractivity contribution in [2.45, 2.75) is 60.7 Å². The number of rotatable bonds is 7. The molecule has 0 unspecified atom stereocenters. The van der Waals surface area contributed by atoms with E-state index in [1.54, 1.807) is 0 Å². The molecule has 0 aliphatic heterocycles. The van der Waals surface area contributed by atoms with Crippen LogP contribution >= 0.6 is 0 Å². The van der Waals surface area contributed by atoms with E-state index in [-0.39, 0.29) is 18.5 Å². The molecule has 7 heteroatoms. The van der Waals surface area contributed by atoms with Gasteiger partial charge in [0.15, 0.2) is 0 Å². The molecule has 132 valence electrons. The van der Waals surface area contributed by atoms with Gasteiger partial charge in [-0.15, -0.1) is 0 Å². The molecular weight excluding hydrogens is 304 g/mol. The Labute approximate surface area is 143 Å². The third-order valence-corrected chi connectivity index (χ3v) is 4.11. The number of nitrogens with zero attached hydrogens (tertiary/aromatic N) is 4. The van der Waals surface area contributed by atoms with Gasteiger partial charge in [0.25, 0.3) is 0 Å². The molecule has 0 aliphatic carbocycles. The molecule has 0 saturated heterocycles. The first-order valence-electron chi connectivity index (χ1n) is 8.40. The van der Waals surface area contributed by atoms with Crippen LogP contribution in [0.1, 0.15) is 36.6 Å². The third-order valence-electron chi connectivity index (χ3n) is 4.11. The first kappa shape index (κ1) is 18.2. The van der Waals surface area contributed by atoms with Crippen LogP contribution in [0.15, 0.2) is 6.07 Å². The van der Waals surface area contributed by atoms with Crippen LogP contribution in [-0.4, -0.2) is 38.1 Å². The smallest absolute Gasteiger partial charge is 0.238 e. The van der Waals surface area contributed by atoms with E-state index in [4.69, 9.17) is 0 Å². The standard InChI is InChI=1S/C17H28N6O/c1-7-22-15(6)17(14(5)21-22)19-16(24)9-18-12(3)10-23-13(4)8-11(2)20-23/h8,12,18H,7,9-10H2,1-6H3,(H,19,24)/t12-/m1/s1. The molecule has 0 bridgehead atoms. The Hall–Kier alpha value is -2.15. The lowest BCUT2D eigenvalue weighted by Gasteiger charge is -2.15. The maximum absolute atomic E-state index is 12.2. The largest absolute Gasteiger partial charge is 0.322 e. The summed E-state index contributed by atoms with van der Waals surface area (Å²) >= 11 is 0. The molecule has 2 aromatic rings. The quantitative estimate of drug-likeness (QED) is 0.812. The molecule has 0 aliphatic rings. The second kappa shape index (κ2) is 7.61. The topological polar surface area (TPSA) is 76.8 Å². The van der Waals surface area contributed by atoms with Gasteiger partial charge in [-0.25, -0.2) is 0 Å². The molecule has 2 heterocycles. The zero-order chi connectivity index (χ0) is 17.9. The summed E-state index contributed by atoms with van der Waals surface area (Å²) in [4.78, 5) is 12.2. The molecular formula is C17H28N6O. The van der Waals surface area contributed by atoms with Gasteiger partial charge in [0.1, 0.15) is 0 Å². The summed E-state index contributed by atoms with van der Waals surface area (Å²) in [5.41, 5.74) is 4.78. The van der Waals surface area contributed by atoms with Crippen molar-refractivity contribution in [3.8, 4) is 0 Å². The lowest BCUT2D eigenvalue weighted by molar-refractivity contribution is -0.115. The number of carbonyl (C=O) groups excluding carboxylic acids is 1. The summed E-state index contributed by atoms with van der Waals surface area (Å²) < 4.78 is 3.86. The number of hydrogen-bond acceptors (Lipinski definition) is 4. The van der Waals surface area contributed by atoms with Crippen LogP contribution in [0.3, 0.4) is 0 Å². The minimum Gasteiger partial charge on any atom is -0.322 e. The summed E-state index contributed by atoms with van der Waals surface area (Å²) in [6.07, 6.45) is 0. The molecule has 0 saturated carbocycles. The Kier molecular flexibility index (Phi) is 5.77. The van der Waals surface area contributed by atoms with Crippen LogP contribution in [0.4, 0.5) is 5.69 Å². The average molecular weight is 332 g/mol. The van der Waals surface area contributed by atoms with Gasteiger partial charge < -0.3 is 10.6 Å². The lowest BCUT2D eigenvalue weighted by Crippen LogP contribution is -2.37. The summed E-state index contributed by atoms with van der Waals surface area (Å²) in [5, 5.41) is 15.1. The molecule has 0 spiro atoms. The minimum absolute atomic E-state index is 0.0583. The Bertz CT molecular complexity index is 715. The number of aryl methyl sites for hydroxylation is 4. The van der Waals surface area contributed by atoms with Crippen molar-refractivity contribution in [1.29, 1.82) is 0 Å². The summed E-state index contributed by atoms with van der Waals surface area (Å²) in [7, 11) is 0. The van der Waals surface area contributed by atoms with Gasteiger partial charge in [0, 0.05) is 18.3 Å². The highest BCUT2D eigenvalue weighted by molar-refractivity contribution is 5.93. The molecule has 1 atom stereocenters. The van der Waals surface area contributed by atoms with Crippen molar-refractivity contribution in [2.75, 3.05) is 11.9 Å². The molecule has 2 N–H and O–H groups in total. The highest BCUT2D eigenvalue weighted by Crippen LogP contribution is 2.18. The number of amides is 1. The second-order valence-corrected chi connectivity index (χ2v) is 6.30. The van der Waals surface area contributed by atoms with Crippen LogP contribution in [-0.2, 0) is 17.9 Å². The van der Waals surface area contributed by atoms with Crippen molar-refractivity contribution >= 4 is 11.6 Å². The van der Waals surface area contributed by atoms with Crippen molar-refractivity contribution < 1.29 is 4.79 Å². The van der Waals surface area contributed by atoms with Crippen LogP contribution in [0, 0.1) is 27.7 Å². The first-order chi connectivity index (χ1) is 11.3. The lowest BCUT2D eigenvalue weighted by atomic mass is 10.3. The molecule has 7 nitrogen and oxygen atoms in total. The van der Waals surface area contributed by atoms with Gasteiger partial charge in [0.05, 0.1) is 35.9 Å². The molecule has 2 rings (SSSR count). The van der Waals surface area contributed by atoms with Crippen molar-refractivity contribution in [3.63, 3.8) is 0 Å². The highest BCUT2D eigenvalue weighted by Gasteiger charge is 2.14. The van der Waals surface area contributed by atoms with E-state index in [0.29, 0.717) is 0 Å². The third kappa shape index (κ3) is 4.23. The van der Waals surface area contributed by atoms with E-state index in [9.17, 15) is 4.79 Å². The fraction of sp³-hybridized carbons (Fsp3) is 0.588. The van der Waals surface area contributed by atoms with Crippen molar-refractivity contribution in [2.24, 2.45) is 0 Å². The normalized spacial score (nSPS) is 12.4. The maximum Gasteiger partial charge on any atom is 0.238 e. The van der Waals surface area contributed by atoms with Crippen molar-refractivity contribution in [3.05, 3.63) is 28.8 Å². The van der Waals surface area contributed by atoms with Crippen LogP contribution in [0.25, 0.3) is 0 Å². The maximum atomic E-state index is 12.2. The Morgan fingerprint density at radius 2 is 1.92 bits per heavy atom. The van der Waals surface area contributed by atoms with E-state index >= 15 is 0 Å². The number of anilines is 1. The predicted octanol–water partition coefficient (Wildman–Crippen LogP) is 1.95. The molecule has 0 fully saturated rings. The van der Waals surface area contributed by atoms with E-state index < -0.39 is 0 Å². The van der Waals surface area contributed by atoms with Gasteiger partial charge in [-0.1, -0.05) is 0 Å². The van der Waals surface area contributed by atoms with Crippen LogP contribution in [0.5, 0.6) is 0 Å². The minimum atomic E-state index is -0.0583. The van der Waals surface area contributed by atoms with Gasteiger partial charge in [-0.3, -0.25) is 14.2 Å². The molecule has 0 aromatic carbocycles.